The second kappa shape index (κ2) is 8.67. The van der Waals surface area contributed by atoms with Gasteiger partial charge in [0.1, 0.15) is 24.1 Å². The van der Waals surface area contributed by atoms with Gasteiger partial charge in [-0.15, -0.1) is 0 Å². The van der Waals surface area contributed by atoms with E-state index in [0.717, 1.165) is 25.0 Å². The van der Waals surface area contributed by atoms with E-state index in [4.69, 9.17) is 28.4 Å². The molecule has 3 heterocycles. The molecule has 0 radical (unpaired) electrons. The van der Waals surface area contributed by atoms with Crippen LogP contribution in [0, 0.1) is 0 Å². The predicted octanol–water partition coefficient (Wildman–Crippen LogP) is 3.59. The number of hydrogen-bond donors (Lipinski definition) is 1. The Morgan fingerprint density at radius 1 is 0.935 bits per heavy atom. The van der Waals surface area contributed by atoms with Gasteiger partial charge < -0.3 is 33.7 Å². The van der Waals surface area contributed by atoms with E-state index >= 15 is 0 Å². The van der Waals surface area contributed by atoms with Gasteiger partial charge in [0.15, 0.2) is 24.0 Å². The molecule has 3 saturated heterocycles. The summed E-state index contributed by atoms with van der Waals surface area (Å²) in [5.74, 6) is -1.22. The Morgan fingerprint density at radius 3 is 2.29 bits per heavy atom. The van der Waals surface area contributed by atoms with Crippen molar-refractivity contribution >= 4 is 11.6 Å². The van der Waals surface area contributed by atoms with E-state index < -0.39 is 42.3 Å². The van der Waals surface area contributed by atoms with E-state index in [9.17, 15) is 4.79 Å². The molecule has 0 aromatic heterocycles. The quantitative estimate of drug-likeness (QED) is 0.655. The largest absolute Gasteiger partial charge is 0.494 e. The molecule has 3 fully saturated rings. The van der Waals surface area contributed by atoms with Crippen molar-refractivity contribution < 1.29 is 33.2 Å². The van der Waals surface area contributed by atoms with E-state index in [1.807, 2.05) is 52.0 Å². The molecule has 4 rings (SSSR count). The third-order valence-electron chi connectivity index (χ3n) is 5.55. The second-order valence-electron chi connectivity index (χ2n) is 9.16. The van der Waals surface area contributed by atoms with Gasteiger partial charge in [-0.1, -0.05) is 19.8 Å². The molecular formula is C23H33NO7. The predicted molar refractivity (Wildman–Crippen MR) is 113 cm³/mol. The van der Waals surface area contributed by atoms with Crippen molar-refractivity contribution in [3.8, 4) is 5.75 Å². The molecule has 8 nitrogen and oxygen atoms in total. The van der Waals surface area contributed by atoms with E-state index in [-0.39, 0.29) is 5.91 Å². The Labute approximate surface area is 183 Å². The fourth-order valence-electron chi connectivity index (χ4n) is 4.21. The van der Waals surface area contributed by atoms with Crippen LogP contribution in [0.25, 0.3) is 0 Å². The molecule has 1 amide bonds. The molecule has 0 bridgehead atoms. The first-order valence-electron chi connectivity index (χ1n) is 11.1. The Balaban J connectivity index is 1.42. The zero-order valence-electron chi connectivity index (χ0n) is 18.9. The van der Waals surface area contributed by atoms with Gasteiger partial charge in [-0.3, -0.25) is 4.79 Å². The number of fused-ring (bicyclic) bond motifs is 3. The second-order valence-corrected chi connectivity index (χ2v) is 9.16. The minimum absolute atomic E-state index is 0.320. The summed E-state index contributed by atoms with van der Waals surface area (Å²) in [6.07, 6.45) is 0.198. The summed E-state index contributed by atoms with van der Waals surface area (Å²) in [5.41, 5.74) is 0.648. The van der Waals surface area contributed by atoms with Crippen LogP contribution >= 0.6 is 0 Å². The molecule has 3 aliphatic heterocycles. The highest BCUT2D eigenvalue weighted by Gasteiger charge is 2.62. The van der Waals surface area contributed by atoms with Crippen molar-refractivity contribution in [2.75, 3.05) is 11.9 Å². The molecule has 0 aliphatic carbocycles. The minimum Gasteiger partial charge on any atom is -0.494 e. The summed E-state index contributed by atoms with van der Waals surface area (Å²) in [6.45, 7) is 10.1. The maximum Gasteiger partial charge on any atom is 0.256 e. The van der Waals surface area contributed by atoms with Crippen LogP contribution in [0.2, 0.25) is 0 Å². The van der Waals surface area contributed by atoms with Crippen LogP contribution in [-0.4, -0.2) is 54.8 Å². The van der Waals surface area contributed by atoms with E-state index in [2.05, 4.69) is 12.2 Å². The van der Waals surface area contributed by atoms with Crippen LogP contribution in [0.3, 0.4) is 0 Å². The first-order valence-corrected chi connectivity index (χ1v) is 11.1. The molecule has 3 aliphatic rings. The standard InChI is InChI=1S/C23H33NO7/c1-6-7-8-13-26-15-11-9-14(10-12-15)24-20(25)18-16-17(29-22(2,3)28-16)19-21(27-18)31-23(4,5)30-19/h9-12,16-19,21H,6-8,13H2,1-5H3,(H,24,25)/t16-,17-,18+,19-,21+/m0/s1. The molecule has 5 atom stereocenters. The zero-order valence-corrected chi connectivity index (χ0v) is 18.9. The topological polar surface area (TPSA) is 84.5 Å². The van der Waals surface area contributed by atoms with Crippen molar-refractivity contribution in [1.29, 1.82) is 0 Å². The lowest BCUT2D eigenvalue weighted by atomic mass is 9.98. The lowest BCUT2D eigenvalue weighted by Crippen LogP contribution is -2.58. The number of amides is 1. The molecule has 172 valence electrons. The maximum absolute atomic E-state index is 13.1. The fourth-order valence-corrected chi connectivity index (χ4v) is 4.21. The highest BCUT2D eigenvalue weighted by molar-refractivity contribution is 5.94. The molecule has 0 spiro atoms. The third kappa shape index (κ3) is 5.04. The summed E-state index contributed by atoms with van der Waals surface area (Å²) in [5, 5.41) is 2.90. The highest BCUT2D eigenvalue weighted by Crippen LogP contribution is 2.44. The van der Waals surface area contributed by atoms with Crippen molar-refractivity contribution in [3.63, 3.8) is 0 Å². The Morgan fingerprint density at radius 2 is 1.58 bits per heavy atom. The molecule has 1 N–H and O–H groups in total. The number of hydrogen-bond acceptors (Lipinski definition) is 7. The summed E-state index contributed by atoms with van der Waals surface area (Å²) < 4.78 is 35.6. The maximum atomic E-state index is 13.1. The van der Waals surface area contributed by atoms with E-state index in [1.165, 1.54) is 0 Å². The molecule has 8 heteroatoms. The highest BCUT2D eigenvalue weighted by atomic mass is 16.9. The molecule has 31 heavy (non-hydrogen) atoms. The molecule has 0 unspecified atom stereocenters. The number of rotatable bonds is 7. The number of nitrogens with one attached hydrogen (secondary N) is 1. The van der Waals surface area contributed by atoms with Gasteiger partial charge in [-0.2, -0.15) is 0 Å². The molecular weight excluding hydrogens is 402 g/mol. The van der Waals surface area contributed by atoms with Crippen LogP contribution in [0.4, 0.5) is 5.69 Å². The van der Waals surface area contributed by atoms with E-state index in [0.29, 0.717) is 12.3 Å². The summed E-state index contributed by atoms with van der Waals surface area (Å²) in [4.78, 5) is 13.1. The summed E-state index contributed by atoms with van der Waals surface area (Å²) in [7, 11) is 0. The zero-order chi connectivity index (χ0) is 22.2. The number of unbranched alkanes of at least 4 members (excludes halogenated alkanes) is 2. The van der Waals surface area contributed by atoms with Crippen molar-refractivity contribution in [1.82, 2.24) is 0 Å². The average molecular weight is 436 g/mol. The first-order chi connectivity index (χ1) is 14.7. The van der Waals surface area contributed by atoms with Gasteiger partial charge in [0.25, 0.3) is 5.91 Å². The van der Waals surface area contributed by atoms with Crippen LogP contribution in [0.5, 0.6) is 5.75 Å². The van der Waals surface area contributed by atoms with Crippen LogP contribution in [-0.2, 0) is 28.5 Å². The number of carbonyl (C=O) groups is 1. The van der Waals surface area contributed by atoms with E-state index in [1.54, 1.807) is 0 Å². The fraction of sp³-hybridized carbons (Fsp3) is 0.696. The Hall–Kier alpha value is -1.71. The number of carbonyl (C=O) groups excluding carboxylic acids is 1. The van der Waals surface area contributed by atoms with Crippen molar-refractivity contribution in [2.24, 2.45) is 0 Å². The molecule has 1 aromatic rings. The van der Waals surface area contributed by atoms with Gasteiger partial charge in [0.05, 0.1) is 6.61 Å². The van der Waals surface area contributed by atoms with Crippen LogP contribution < -0.4 is 10.1 Å². The number of ether oxygens (including phenoxy) is 6. The Kier molecular flexibility index (Phi) is 6.29. The first kappa shape index (κ1) is 22.5. The minimum atomic E-state index is -0.893. The molecule has 1 aromatic carbocycles. The van der Waals surface area contributed by atoms with Crippen molar-refractivity contribution in [2.45, 2.75) is 96.2 Å². The molecule has 0 saturated carbocycles. The number of anilines is 1. The van der Waals surface area contributed by atoms with Gasteiger partial charge in [-0.25, -0.2) is 0 Å². The summed E-state index contributed by atoms with van der Waals surface area (Å²) >= 11 is 0. The SMILES string of the molecule is CCCCCOc1ccc(NC(=O)[C@@H]2O[C@@H]3OC(C)(C)O[C@H]3[C@H]3OC(C)(C)O[C@@H]32)cc1. The normalized spacial score (nSPS) is 32.9. The van der Waals surface area contributed by atoms with Gasteiger partial charge in [0.2, 0.25) is 0 Å². The smallest absolute Gasteiger partial charge is 0.256 e. The van der Waals surface area contributed by atoms with Gasteiger partial charge in [-0.05, 0) is 58.4 Å². The number of benzene rings is 1. The van der Waals surface area contributed by atoms with Gasteiger partial charge in [0, 0.05) is 5.69 Å². The lowest BCUT2D eigenvalue weighted by Gasteiger charge is -2.36. The third-order valence-corrected chi connectivity index (χ3v) is 5.55. The average Bonchev–Trinajstić information content (AvgIpc) is 3.19. The monoisotopic (exact) mass is 435 g/mol. The van der Waals surface area contributed by atoms with Crippen molar-refractivity contribution in [3.05, 3.63) is 24.3 Å². The van der Waals surface area contributed by atoms with Crippen LogP contribution in [0.1, 0.15) is 53.9 Å². The Bertz CT molecular complexity index is 779. The lowest BCUT2D eigenvalue weighted by molar-refractivity contribution is -0.229. The van der Waals surface area contributed by atoms with Crippen LogP contribution in [0.15, 0.2) is 24.3 Å². The van der Waals surface area contributed by atoms with Gasteiger partial charge >= 0.3 is 0 Å². The summed E-state index contributed by atoms with van der Waals surface area (Å²) in [6, 6.07) is 7.31.